The van der Waals surface area contributed by atoms with Crippen molar-refractivity contribution >= 4 is 10.1 Å². The van der Waals surface area contributed by atoms with E-state index in [4.69, 9.17) is 0 Å². The minimum atomic E-state index is -4.91. The number of halogens is 6. The first-order valence-electron chi connectivity index (χ1n) is 4.97. The first-order chi connectivity index (χ1) is 8.83. The van der Waals surface area contributed by atoms with Gasteiger partial charge in [0.1, 0.15) is 0 Å². The molecule has 0 spiro atoms. The SMILES string of the molecule is Cc1ccc(S(=O)(=O)OCC(F)(F)F)cc1C(F)(F)F. The third kappa shape index (κ3) is 4.37. The van der Waals surface area contributed by atoms with Crippen LogP contribution in [0.3, 0.4) is 0 Å². The van der Waals surface area contributed by atoms with Crippen molar-refractivity contribution in [1.82, 2.24) is 0 Å². The Labute approximate surface area is 110 Å². The molecule has 0 saturated heterocycles. The van der Waals surface area contributed by atoms with E-state index in [-0.39, 0.29) is 11.6 Å². The lowest BCUT2D eigenvalue weighted by Gasteiger charge is -2.13. The first-order valence-corrected chi connectivity index (χ1v) is 6.38. The van der Waals surface area contributed by atoms with Gasteiger partial charge in [-0.15, -0.1) is 0 Å². The number of benzene rings is 1. The molecule has 0 bridgehead atoms. The average Bonchev–Trinajstić information content (AvgIpc) is 2.24. The summed E-state index contributed by atoms with van der Waals surface area (Å²) in [5.74, 6) is 0. The highest BCUT2D eigenvalue weighted by Gasteiger charge is 2.35. The quantitative estimate of drug-likeness (QED) is 0.633. The van der Waals surface area contributed by atoms with Crippen LogP contribution in [-0.2, 0) is 20.5 Å². The summed E-state index contributed by atoms with van der Waals surface area (Å²) in [6.45, 7) is -1.01. The average molecular weight is 322 g/mol. The van der Waals surface area contributed by atoms with Gasteiger partial charge in [0.25, 0.3) is 10.1 Å². The lowest BCUT2D eigenvalue weighted by Crippen LogP contribution is -2.21. The van der Waals surface area contributed by atoms with Gasteiger partial charge < -0.3 is 0 Å². The zero-order chi connectivity index (χ0) is 15.8. The van der Waals surface area contributed by atoms with E-state index in [1.165, 1.54) is 0 Å². The fraction of sp³-hybridized carbons (Fsp3) is 0.400. The Bertz CT molecular complexity index is 588. The molecule has 0 aliphatic heterocycles. The summed E-state index contributed by atoms with van der Waals surface area (Å²) in [7, 11) is -4.91. The Morgan fingerprint density at radius 3 is 2.10 bits per heavy atom. The molecule has 0 amide bonds. The van der Waals surface area contributed by atoms with Crippen LogP contribution in [0.1, 0.15) is 11.1 Å². The molecule has 0 saturated carbocycles. The highest BCUT2D eigenvalue weighted by Crippen LogP contribution is 2.33. The van der Waals surface area contributed by atoms with E-state index in [1.54, 1.807) is 0 Å². The van der Waals surface area contributed by atoms with E-state index < -0.39 is 39.5 Å². The lowest BCUT2D eigenvalue weighted by atomic mass is 10.1. The largest absolute Gasteiger partial charge is 0.416 e. The van der Waals surface area contributed by atoms with Gasteiger partial charge in [-0.05, 0) is 24.6 Å². The van der Waals surface area contributed by atoms with Gasteiger partial charge in [0.15, 0.2) is 6.61 Å². The van der Waals surface area contributed by atoms with E-state index in [0.717, 1.165) is 19.1 Å². The molecule has 0 fully saturated rings. The topological polar surface area (TPSA) is 43.4 Å². The number of alkyl halides is 6. The second-order valence-electron chi connectivity index (χ2n) is 3.81. The molecular weight excluding hydrogens is 314 g/mol. The van der Waals surface area contributed by atoms with Crippen LogP contribution < -0.4 is 0 Å². The standard InChI is InChI=1S/C10H8F6O3S/c1-6-2-3-7(4-8(6)10(14,15)16)20(17,18)19-5-9(11,12)13/h2-4H,5H2,1H3. The van der Waals surface area contributed by atoms with Crippen molar-refractivity contribution in [2.24, 2.45) is 0 Å². The fourth-order valence-corrected chi connectivity index (χ4v) is 2.20. The van der Waals surface area contributed by atoms with E-state index in [1.807, 2.05) is 0 Å². The maximum atomic E-state index is 12.6. The summed E-state index contributed by atoms with van der Waals surface area (Å²) in [5, 5.41) is 0. The van der Waals surface area contributed by atoms with Crippen molar-refractivity contribution in [3.8, 4) is 0 Å². The molecule has 0 radical (unpaired) electrons. The Hall–Kier alpha value is -1.29. The fourth-order valence-electron chi connectivity index (χ4n) is 1.27. The Kier molecular flexibility index (Phi) is 4.39. The van der Waals surface area contributed by atoms with Crippen LogP contribution in [0.15, 0.2) is 23.1 Å². The van der Waals surface area contributed by atoms with E-state index in [0.29, 0.717) is 0 Å². The molecule has 1 aromatic rings. The summed E-state index contributed by atoms with van der Waals surface area (Å²) in [6, 6.07) is 1.82. The summed E-state index contributed by atoms with van der Waals surface area (Å²) >= 11 is 0. The van der Waals surface area contributed by atoms with Gasteiger partial charge >= 0.3 is 12.4 Å². The second kappa shape index (κ2) is 5.24. The maximum Gasteiger partial charge on any atom is 0.416 e. The molecule has 0 N–H and O–H groups in total. The highest BCUT2D eigenvalue weighted by atomic mass is 32.2. The third-order valence-electron chi connectivity index (χ3n) is 2.18. The van der Waals surface area contributed by atoms with Crippen LogP contribution in [0.2, 0.25) is 0 Å². The molecule has 1 rings (SSSR count). The van der Waals surface area contributed by atoms with Crippen molar-refractivity contribution < 1.29 is 38.9 Å². The van der Waals surface area contributed by atoms with Gasteiger partial charge in [0.05, 0.1) is 10.5 Å². The van der Waals surface area contributed by atoms with Crippen molar-refractivity contribution in [2.75, 3.05) is 6.61 Å². The number of hydrogen-bond donors (Lipinski definition) is 0. The van der Waals surface area contributed by atoms with Gasteiger partial charge in [0, 0.05) is 0 Å². The summed E-state index contributed by atoms with van der Waals surface area (Å²) in [4.78, 5) is -0.986. The molecule has 10 heteroatoms. The number of aryl methyl sites for hydroxylation is 1. The highest BCUT2D eigenvalue weighted by molar-refractivity contribution is 7.86. The number of hydrogen-bond acceptors (Lipinski definition) is 3. The minimum Gasteiger partial charge on any atom is -0.257 e. The van der Waals surface area contributed by atoms with Crippen LogP contribution >= 0.6 is 0 Å². The van der Waals surface area contributed by atoms with Gasteiger partial charge in [-0.1, -0.05) is 6.07 Å². The zero-order valence-electron chi connectivity index (χ0n) is 9.84. The predicted octanol–water partition coefficient (Wildman–Crippen LogP) is 3.28. The molecule has 0 aliphatic carbocycles. The van der Waals surface area contributed by atoms with Gasteiger partial charge in [0.2, 0.25) is 0 Å². The van der Waals surface area contributed by atoms with Gasteiger partial charge in [-0.3, -0.25) is 4.18 Å². The van der Waals surface area contributed by atoms with E-state index >= 15 is 0 Å². The van der Waals surface area contributed by atoms with Crippen LogP contribution in [-0.4, -0.2) is 21.2 Å². The molecule has 0 atom stereocenters. The van der Waals surface area contributed by atoms with E-state index in [2.05, 4.69) is 4.18 Å². The molecule has 0 heterocycles. The molecule has 0 aromatic heterocycles. The summed E-state index contributed by atoms with van der Waals surface area (Å²) in [6.07, 6.45) is -9.73. The summed E-state index contributed by atoms with van der Waals surface area (Å²) < 4.78 is 99.8. The van der Waals surface area contributed by atoms with Gasteiger partial charge in [-0.2, -0.15) is 34.8 Å². The molecule has 1 aromatic carbocycles. The molecule has 20 heavy (non-hydrogen) atoms. The van der Waals surface area contributed by atoms with Crippen LogP contribution in [0.4, 0.5) is 26.3 Å². The monoisotopic (exact) mass is 322 g/mol. The second-order valence-corrected chi connectivity index (χ2v) is 5.42. The Morgan fingerprint density at radius 2 is 1.65 bits per heavy atom. The van der Waals surface area contributed by atoms with Crippen molar-refractivity contribution in [3.63, 3.8) is 0 Å². The smallest absolute Gasteiger partial charge is 0.257 e. The first kappa shape index (κ1) is 16.8. The molecule has 3 nitrogen and oxygen atoms in total. The maximum absolute atomic E-state index is 12.6. The van der Waals surface area contributed by atoms with Crippen molar-refractivity contribution in [2.45, 2.75) is 24.2 Å². The lowest BCUT2D eigenvalue weighted by molar-refractivity contribution is -0.152. The van der Waals surface area contributed by atoms with Crippen molar-refractivity contribution in [3.05, 3.63) is 29.3 Å². The predicted molar refractivity (Wildman–Crippen MR) is 55.4 cm³/mol. The Morgan fingerprint density at radius 1 is 1.10 bits per heavy atom. The molecular formula is C10H8F6O3S. The van der Waals surface area contributed by atoms with Crippen molar-refractivity contribution in [1.29, 1.82) is 0 Å². The molecule has 114 valence electrons. The van der Waals surface area contributed by atoms with E-state index in [9.17, 15) is 34.8 Å². The number of rotatable bonds is 3. The van der Waals surface area contributed by atoms with Crippen LogP contribution in [0.25, 0.3) is 0 Å². The van der Waals surface area contributed by atoms with Crippen LogP contribution in [0.5, 0.6) is 0 Å². The third-order valence-corrected chi connectivity index (χ3v) is 3.44. The molecule has 0 aliphatic rings. The Balaban J connectivity index is 3.15. The summed E-state index contributed by atoms with van der Waals surface area (Å²) in [5.41, 5.74) is -1.51. The van der Waals surface area contributed by atoms with Gasteiger partial charge in [-0.25, -0.2) is 0 Å². The molecule has 0 unspecified atom stereocenters. The van der Waals surface area contributed by atoms with Crippen LogP contribution in [0, 0.1) is 6.92 Å². The normalized spacial score (nSPS) is 13.6. The zero-order valence-corrected chi connectivity index (χ0v) is 10.7. The minimum absolute atomic E-state index is 0.237.